The summed E-state index contributed by atoms with van der Waals surface area (Å²) < 4.78 is 0. The molecule has 5 heteroatoms. The molecular formula is C19H28N4O. The Morgan fingerprint density at radius 3 is 2.50 bits per heavy atom. The van der Waals surface area contributed by atoms with Gasteiger partial charge in [0.05, 0.1) is 16.8 Å². The van der Waals surface area contributed by atoms with Crippen LogP contribution in [0.2, 0.25) is 0 Å². The lowest BCUT2D eigenvalue weighted by Crippen LogP contribution is -2.24. The number of hydrogen-bond donors (Lipinski definition) is 1. The number of benzene rings is 1. The third kappa shape index (κ3) is 4.03. The van der Waals surface area contributed by atoms with E-state index in [0.717, 1.165) is 41.7 Å². The van der Waals surface area contributed by atoms with Gasteiger partial charge in [0.25, 0.3) is 5.91 Å². The summed E-state index contributed by atoms with van der Waals surface area (Å²) in [6.07, 6.45) is 2.71. The lowest BCUT2D eigenvalue weighted by molar-refractivity contribution is 0.0828. The first kappa shape index (κ1) is 18.2. The van der Waals surface area contributed by atoms with Crippen molar-refractivity contribution in [3.05, 3.63) is 35.0 Å². The third-order valence-electron chi connectivity index (χ3n) is 4.03. The highest BCUT2D eigenvalue weighted by Gasteiger charge is 2.18. The first-order valence-electron chi connectivity index (χ1n) is 8.31. The minimum Gasteiger partial charge on any atom is -0.384 e. The van der Waals surface area contributed by atoms with Gasteiger partial charge in [0.15, 0.2) is 0 Å². The van der Waals surface area contributed by atoms with E-state index in [1.165, 1.54) is 5.56 Å². The van der Waals surface area contributed by atoms with Crippen LogP contribution in [-0.4, -0.2) is 62.0 Å². The van der Waals surface area contributed by atoms with Gasteiger partial charge in [0, 0.05) is 32.2 Å². The number of anilines is 1. The lowest BCUT2D eigenvalue weighted by atomic mass is 10.0. The molecule has 1 amide bonds. The van der Waals surface area contributed by atoms with Crippen molar-refractivity contribution >= 4 is 22.5 Å². The van der Waals surface area contributed by atoms with Crippen molar-refractivity contribution in [2.75, 3.05) is 46.6 Å². The van der Waals surface area contributed by atoms with Crippen LogP contribution in [0.5, 0.6) is 0 Å². The maximum atomic E-state index is 12.6. The smallest absolute Gasteiger partial charge is 0.257 e. The van der Waals surface area contributed by atoms with E-state index >= 15 is 0 Å². The van der Waals surface area contributed by atoms with Crippen molar-refractivity contribution in [2.45, 2.75) is 20.3 Å². The molecule has 2 rings (SSSR count). The van der Waals surface area contributed by atoms with Gasteiger partial charge in [0.2, 0.25) is 0 Å². The molecule has 5 nitrogen and oxygen atoms in total. The predicted octanol–water partition coefficient (Wildman–Crippen LogP) is 2.92. The highest BCUT2D eigenvalue weighted by molar-refractivity contribution is 6.07. The van der Waals surface area contributed by atoms with Gasteiger partial charge < -0.3 is 15.1 Å². The SMILES string of the molecule is Cc1cc(C)c2ncc(C(=O)N(C)C)c(NCCCN(C)C)c2c1. The molecule has 1 aromatic carbocycles. The number of aryl methyl sites for hydroxylation is 2. The summed E-state index contributed by atoms with van der Waals surface area (Å²) in [5, 5.41) is 4.51. The molecule has 0 aliphatic carbocycles. The monoisotopic (exact) mass is 328 g/mol. The number of carbonyl (C=O) groups excluding carboxylic acids is 1. The van der Waals surface area contributed by atoms with E-state index < -0.39 is 0 Å². The fraction of sp³-hybridized carbons (Fsp3) is 0.474. The number of pyridine rings is 1. The van der Waals surface area contributed by atoms with E-state index in [1.807, 2.05) is 0 Å². The lowest BCUT2D eigenvalue weighted by Gasteiger charge is -2.18. The van der Waals surface area contributed by atoms with Gasteiger partial charge in [-0.15, -0.1) is 0 Å². The first-order valence-corrected chi connectivity index (χ1v) is 8.31. The molecular weight excluding hydrogens is 300 g/mol. The van der Waals surface area contributed by atoms with Crippen LogP contribution in [0.25, 0.3) is 10.9 Å². The first-order chi connectivity index (χ1) is 11.3. The minimum absolute atomic E-state index is 0.0290. The molecule has 0 aliphatic rings. The molecule has 0 saturated carbocycles. The number of aromatic nitrogens is 1. The van der Waals surface area contributed by atoms with E-state index in [4.69, 9.17) is 0 Å². The number of carbonyl (C=O) groups is 1. The quantitative estimate of drug-likeness (QED) is 0.828. The summed E-state index contributed by atoms with van der Waals surface area (Å²) in [4.78, 5) is 20.9. The zero-order valence-corrected chi connectivity index (χ0v) is 15.6. The Kier molecular flexibility index (Phi) is 5.78. The predicted molar refractivity (Wildman–Crippen MR) is 101 cm³/mol. The molecule has 2 aromatic rings. The van der Waals surface area contributed by atoms with Crippen LogP contribution in [0.15, 0.2) is 18.3 Å². The second-order valence-electron chi connectivity index (χ2n) is 6.81. The zero-order chi connectivity index (χ0) is 17.9. The molecule has 1 aromatic heterocycles. The Balaban J connectivity index is 2.48. The van der Waals surface area contributed by atoms with Crippen LogP contribution < -0.4 is 5.32 Å². The average molecular weight is 328 g/mol. The topological polar surface area (TPSA) is 48.5 Å². The highest BCUT2D eigenvalue weighted by atomic mass is 16.2. The molecule has 0 spiro atoms. The Hall–Kier alpha value is -2.14. The Labute approximate surface area is 144 Å². The summed E-state index contributed by atoms with van der Waals surface area (Å²) in [5.74, 6) is -0.0290. The van der Waals surface area contributed by atoms with Gasteiger partial charge >= 0.3 is 0 Å². The van der Waals surface area contributed by atoms with E-state index in [1.54, 1.807) is 25.2 Å². The molecule has 1 N–H and O–H groups in total. The van der Waals surface area contributed by atoms with Gasteiger partial charge in [-0.2, -0.15) is 0 Å². The Morgan fingerprint density at radius 2 is 1.88 bits per heavy atom. The fourth-order valence-electron chi connectivity index (χ4n) is 2.86. The maximum absolute atomic E-state index is 12.6. The molecule has 0 fully saturated rings. The zero-order valence-electron chi connectivity index (χ0n) is 15.6. The minimum atomic E-state index is -0.0290. The second-order valence-corrected chi connectivity index (χ2v) is 6.81. The van der Waals surface area contributed by atoms with Crippen LogP contribution in [0, 0.1) is 13.8 Å². The molecule has 0 atom stereocenters. The van der Waals surface area contributed by atoms with Crippen molar-refractivity contribution in [3.8, 4) is 0 Å². The Bertz CT molecular complexity index is 738. The molecule has 24 heavy (non-hydrogen) atoms. The summed E-state index contributed by atoms with van der Waals surface area (Å²) in [6, 6.07) is 4.23. The van der Waals surface area contributed by atoms with Crippen LogP contribution in [0.1, 0.15) is 27.9 Å². The van der Waals surface area contributed by atoms with E-state index in [9.17, 15) is 4.79 Å². The summed E-state index contributed by atoms with van der Waals surface area (Å²) >= 11 is 0. The third-order valence-corrected chi connectivity index (χ3v) is 4.03. The van der Waals surface area contributed by atoms with E-state index in [0.29, 0.717) is 5.56 Å². The number of rotatable bonds is 6. The van der Waals surface area contributed by atoms with Gasteiger partial charge in [-0.05, 0) is 52.5 Å². The van der Waals surface area contributed by atoms with Crippen LogP contribution in [0.3, 0.4) is 0 Å². The van der Waals surface area contributed by atoms with E-state index in [2.05, 4.69) is 55.3 Å². The fourth-order valence-corrected chi connectivity index (χ4v) is 2.86. The molecule has 130 valence electrons. The van der Waals surface area contributed by atoms with Crippen LogP contribution in [-0.2, 0) is 0 Å². The molecule has 0 unspecified atom stereocenters. The van der Waals surface area contributed by atoms with Crippen LogP contribution >= 0.6 is 0 Å². The number of fused-ring (bicyclic) bond motifs is 1. The summed E-state index contributed by atoms with van der Waals surface area (Å²) in [7, 11) is 7.67. The number of nitrogens with zero attached hydrogens (tertiary/aromatic N) is 3. The van der Waals surface area contributed by atoms with Crippen LogP contribution in [0.4, 0.5) is 5.69 Å². The molecule has 1 heterocycles. The van der Waals surface area contributed by atoms with Gasteiger partial charge in [-0.1, -0.05) is 11.6 Å². The Morgan fingerprint density at radius 1 is 1.17 bits per heavy atom. The molecule has 0 radical (unpaired) electrons. The maximum Gasteiger partial charge on any atom is 0.257 e. The van der Waals surface area contributed by atoms with Gasteiger partial charge in [-0.3, -0.25) is 9.78 Å². The number of amides is 1. The molecule has 0 aliphatic heterocycles. The number of hydrogen-bond acceptors (Lipinski definition) is 4. The second kappa shape index (κ2) is 7.62. The van der Waals surface area contributed by atoms with E-state index in [-0.39, 0.29) is 5.91 Å². The van der Waals surface area contributed by atoms with Crippen molar-refractivity contribution < 1.29 is 4.79 Å². The summed E-state index contributed by atoms with van der Waals surface area (Å²) in [6.45, 7) is 5.96. The van der Waals surface area contributed by atoms with Crippen molar-refractivity contribution in [3.63, 3.8) is 0 Å². The van der Waals surface area contributed by atoms with Crippen molar-refractivity contribution in [1.82, 2.24) is 14.8 Å². The van der Waals surface area contributed by atoms with Gasteiger partial charge in [0.1, 0.15) is 0 Å². The standard InChI is InChI=1S/C19H28N4O/c1-13-10-14(2)17-15(11-13)18(20-8-7-9-22(3)4)16(12-21-17)19(24)23(5)6/h10-12H,7-9H2,1-6H3,(H,20,21). The van der Waals surface area contributed by atoms with Gasteiger partial charge in [-0.25, -0.2) is 0 Å². The largest absolute Gasteiger partial charge is 0.384 e. The van der Waals surface area contributed by atoms with Crippen molar-refractivity contribution in [1.29, 1.82) is 0 Å². The summed E-state index contributed by atoms with van der Waals surface area (Å²) in [5.41, 5.74) is 4.77. The molecule has 0 saturated heterocycles. The number of nitrogens with one attached hydrogen (secondary N) is 1. The average Bonchev–Trinajstić information content (AvgIpc) is 2.50. The normalized spacial score (nSPS) is 11.1. The van der Waals surface area contributed by atoms with Crippen molar-refractivity contribution in [2.24, 2.45) is 0 Å². The molecule has 0 bridgehead atoms. The highest BCUT2D eigenvalue weighted by Crippen LogP contribution is 2.29.